The molecular weight excluding hydrogens is 581 g/mol. The second-order valence-electron chi connectivity index (χ2n) is 11.4. The lowest BCUT2D eigenvalue weighted by molar-refractivity contribution is -0.190. The molecular formula is C35H35F3N4O3. The summed E-state index contributed by atoms with van der Waals surface area (Å²) in [4.78, 5) is 46.1. The Labute approximate surface area is 260 Å². The molecule has 0 unspecified atom stereocenters. The molecule has 234 valence electrons. The minimum Gasteiger partial charge on any atom is -0.344 e. The first-order chi connectivity index (χ1) is 21.6. The zero-order chi connectivity index (χ0) is 32.0. The average molecular weight is 617 g/mol. The van der Waals surface area contributed by atoms with Gasteiger partial charge in [0.15, 0.2) is 0 Å². The first kappa shape index (κ1) is 31.7. The second kappa shape index (κ2) is 13.9. The van der Waals surface area contributed by atoms with E-state index in [2.05, 4.69) is 10.3 Å². The predicted molar refractivity (Wildman–Crippen MR) is 165 cm³/mol. The molecule has 1 N–H and O–H groups in total. The number of nitrogens with zero attached hydrogens (tertiary/aromatic N) is 3. The van der Waals surface area contributed by atoms with Crippen LogP contribution >= 0.6 is 0 Å². The minimum atomic E-state index is -5.07. The highest BCUT2D eigenvalue weighted by Crippen LogP contribution is 2.31. The van der Waals surface area contributed by atoms with Gasteiger partial charge in [-0.15, -0.1) is 0 Å². The van der Waals surface area contributed by atoms with Crippen LogP contribution in [0.3, 0.4) is 0 Å². The summed E-state index contributed by atoms with van der Waals surface area (Å²) in [5, 5.41) is 3.46. The van der Waals surface area contributed by atoms with Crippen LogP contribution in [0.15, 0.2) is 97.2 Å². The number of nitrogens with one attached hydrogen (secondary N) is 1. The van der Waals surface area contributed by atoms with Gasteiger partial charge in [-0.05, 0) is 48.1 Å². The molecule has 3 atom stereocenters. The van der Waals surface area contributed by atoms with Crippen LogP contribution in [0, 0.1) is 0 Å². The summed E-state index contributed by atoms with van der Waals surface area (Å²) in [6.07, 6.45) is -2.60. The maximum Gasteiger partial charge on any atom is 0.471 e. The van der Waals surface area contributed by atoms with E-state index >= 15 is 0 Å². The van der Waals surface area contributed by atoms with Crippen molar-refractivity contribution in [2.45, 2.75) is 63.5 Å². The number of halogens is 3. The standard InChI is InChI=1S/C35H35F3N4O3/c1-24(43)40-32(21-26-12-6-3-7-13-26)33(44)41-19-17-28(22-29(41)20-25-10-4-2-5-11-25)42(34(45)35(36,37)38)23-27-16-18-39-31-15-9-8-14-30(27)31/h2-16,18,28-29,32H,17,19-23H2,1H3,(H,40,43)/t28-,29+,32+/m0/s1. The highest BCUT2D eigenvalue weighted by atomic mass is 19.4. The van der Waals surface area contributed by atoms with Crippen molar-refractivity contribution in [3.63, 3.8) is 0 Å². The van der Waals surface area contributed by atoms with E-state index < -0.39 is 30.2 Å². The fourth-order valence-corrected chi connectivity index (χ4v) is 6.18. The van der Waals surface area contributed by atoms with Crippen LogP contribution in [0.4, 0.5) is 13.2 Å². The molecule has 4 aromatic rings. The van der Waals surface area contributed by atoms with E-state index in [0.717, 1.165) is 16.0 Å². The van der Waals surface area contributed by atoms with Crippen molar-refractivity contribution in [1.82, 2.24) is 20.1 Å². The van der Waals surface area contributed by atoms with Gasteiger partial charge in [-0.1, -0.05) is 78.9 Å². The summed E-state index contributed by atoms with van der Waals surface area (Å²) in [7, 11) is 0. The van der Waals surface area contributed by atoms with E-state index in [0.29, 0.717) is 22.9 Å². The molecule has 1 aliphatic rings. The van der Waals surface area contributed by atoms with Crippen molar-refractivity contribution in [2.75, 3.05) is 6.54 Å². The number of hydrogen-bond donors (Lipinski definition) is 1. The van der Waals surface area contributed by atoms with Gasteiger partial charge in [0.05, 0.1) is 5.52 Å². The number of aromatic nitrogens is 1. The topological polar surface area (TPSA) is 82.6 Å². The maximum atomic E-state index is 14.1. The average Bonchev–Trinajstić information content (AvgIpc) is 3.03. The molecule has 1 saturated heterocycles. The molecule has 0 saturated carbocycles. The number of rotatable bonds is 9. The third kappa shape index (κ3) is 7.87. The van der Waals surface area contributed by atoms with Crippen LogP contribution in [0.2, 0.25) is 0 Å². The van der Waals surface area contributed by atoms with Crippen LogP contribution in [0.5, 0.6) is 0 Å². The zero-order valence-corrected chi connectivity index (χ0v) is 24.9. The SMILES string of the molecule is CC(=O)N[C@H](Cc1ccccc1)C(=O)N1CC[C@H](N(Cc2ccnc3ccccc23)C(=O)C(F)(F)F)C[C@H]1Cc1ccccc1. The summed E-state index contributed by atoms with van der Waals surface area (Å²) in [5.41, 5.74) is 2.96. The minimum absolute atomic E-state index is 0.130. The summed E-state index contributed by atoms with van der Waals surface area (Å²) >= 11 is 0. The highest BCUT2D eigenvalue weighted by Gasteiger charge is 2.47. The van der Waals surface area contributed by atoms with Crippen molar-refractivity contribution in [2.24, 2.45) is 0 Å². The molecule has 2 heterocycles. The predicted octanol–water partition coefficient (Wildman–Crippen LogP) is 5.48. The number of hydrogen-bond acceptors (Lipinski definition) is 4. The Morgan fingerprint density at radius 2 is 1.58 bits per heavy atom. The van der Waals surface area contributed by atoms with Crippen molar-refractivity contribution in [3.05, 3.63) is 114 Å². The Bertz CT molecular complexity index is 1630. The number of alkyl halides is 3. The van der Waals surface area contributed by atoms with Gasteiger partial charge in [0.25, 0.3) is 0 Å². The summed E-state index contributed by atoms with van der Waals surface area (Å²) in [5.74, 6) is -2.57. The van der Waals surface area contributed by atoms with E-state index in [1.807, 2.05) is 60.7 Å². The molecule has 10 heteroatoms. The zero-order valence-electron chi connectivity index (χ0n) is 24.9. The van der Waals surface area contributed by atoms with E-state index in [1.165, 1.54) is 13.1 Å². The van der Waals surface area contributed by atoms with Crippen molar-refractivity contribution >= 4 is 28.6 Å². The summed E-state index contributed by atoms with van der Waals surface area (Å²) in [6, 6.07) is 25.4. The van der Waals surface area contributed by atoms with Gasteiger partial charge >= 0.3 is 12.1 Å². The number of pyridine rings is 1. The van der Waals surface area contributed by atoms with Gasteiger partial charge in [0.2, 0.25) is 11.8 Å². The van der Waals surface area contributed by atoms with Crippen LogP contribution in [-0.4, -0.2) is 63.4 Å². The van der Waals surface area contributed by atoms with Crippen molar-refractivity contribution in [3.8, 4) is 0 Å². The third-order valence-corrected chi connectivity index (χ3v) is 8.27. The Morgan fingerprint density at radius 3 is 2.24 bits per heavy atom. The molecule has 45 heavy (non-hydrogen) atoms. The van der Waals surface area contributed by atoms with Crippen molar-refractivity contribution in [1.29, 1.82) is 0 Å². The maximum absolute atomic E-state index is 14.1. The molecule has 7 nitrogen and oxygen atoms in total. The van der Waals surface area contributed by atoms with Crippen LogP contribution in [0.1, 0.15) is 36.5 Å². The molecule has 1 fully saturated rings. The number of para-hydroxylation sites is 1. The fraction of sp³-hybridized carbons (Fsp3) is 0.314. The monoisotopic (exact) mass is 616 g/mol. The van der Waals surface area contributed by atoms with E-state index in [-0.39, 0.29) is 44.2 Å². The molecule has 3 amide bonds. The Morgan fingerprint density at radius 1 is 0.933 bits per heavy atom. The number of carbonyl (C=O) groups excluding carboxylic acids is 3. The van der Waals surface area contributed by atoms with Crippen LogP contribution < -0.4 is 5.32 Å². The lowest BCUT2D eigenvalue weighted by Gasteiger charge is -2.45. The first-order valence-electron chi connectivity index (χ1n) is 15.0. The molecule has 1 aromatic heterocycles. The molecule has 3 aromatic carbocycles. The molecule has 0 radical (unpaired) electrons. The van der Waals surface area contributed by atoms with E-state index in [1.54, 1.807) is 35.2 Å². The quantitative estimate of drug-likeness (QED) is 0.270. The lowest BCUT2D eigenvalue weighted by Crippen LogP contribution is -2.59. The molecule has 1 aliphatic heterocycles. The lowest BCUT2D eigenvalue weighted by atomic mass is 9.89. The Hall–Kier alpha value is -4.73. The van der Waals surface area contributed by atoms with Crippen LogP contribution in [0.25, 0.3) is 10.9 Å². The number of carbonyl (C=O) groups is 3. The molecule has 0 bridgehead atoms. The smallest absolute Gasteiger partial charge is 0.344 e. The number of benzene rings is 3. The Kier molecular flexibility index (Phi) is 9.80. The van der Waals surface area contributed by atoms with Gasteiger partial charge in [-0.3, -0.25) is 19.4 Å². The number of piperidine rings is 1. The molecule has 0 aliphatic carbocycles. The number of amides is 3. The molecule has 0 spiro atoms. The largest absolute Gasteiger partial charge is 0.471 e. The van der Waals surface area contributed by atoms with E-state index in [4.69, 9.17) is 0 Å². The van der Waals surface area contributed by atoms with Gasteiger partial charge in [-0.25, -0.2) is 0 Å². The normalized spacial score (nSPS) is 17.5. The second-order valence-corrected chi connectivity index (χ2v) is 11.4. The molecule has 5 rings (SSSR count). The highest BCUT2D eigenvalue weighted by molar-refractivity contribution is 5.88. The van der Waals surface area contributed by atoms with Gasteiger partial charge in [-0.2, -0.15) is 13.2 Å². The van der Waals surface area contributed by atoms with Gasteiger partial charge in [0.1, 0.15) is 6.04 Å². The van der Waals surface area contributed by atoms with E-state index in [9.17, 15) is 27.6 Å². The van der Waals surface area contributed by atoms with Gasteiger partial charge < -0.3 is 15.1 Å². The first-order valence-corrected chi connectivity index (χ1v) is 15.0. The number of likely N-dealkylation sites (tertiary alicyclic amines) is 1. The van der Waals surface area contributed by atoms with Crippen LogP contribution in [-0.2, 0) is 33.8 Å². The Balaban J connectivity index is 1.46. The third-order valence-electron chi connectivity index (χ3n) is 8.27. The van der Waals surface area contributed by atoms with Crippen molar-refractivity contribution < 1.29 is 27.6 Å². The van der Waals surface area contributed by atoms with Gasteiger partial charge in [0, 0.05) is 50.1 Å². The summed E-state index contributed by atoms with van der Waals surface area (Å²) in [6.45, 7) is 1.23. The fourth-order valence-electron chi connectivity index (χ4n) is 6.18. The number of fused-ring (bicyclic) bond motifs is 1. The summed E-state index contributed by atoms with van der Waals surface area (Å²) < 4.78 is 42.1.